The SMILES string of the molecule is CCCC(N)Nc1ccccc1.Cl.Cl. The van der Waals surface area contributed by atoms with Crippen molar-refractivity contribution < 1.29 is 0 Å². The number of benzene rings is 1. The van der Waals surface area contributed by atoms with E-state index in [4.69, 9.17) is 5.73 Å². The van der Waals surface area contributed by atoms with E-state index < -0.39 is 0 Å². The average Bonchev–Trinajstić information content (AvgIpc) is 2.06. The predicted octanol–water partition coefficient (Wildman–Crippen LogP) is 3.03. The lowest BCUT2D eigenvalue weighted by Gasteiger charge is -2.13. The fraction of sp³-hybridized carbons (Fsp3) is 0.400. The molecule has 0 heterocycles. The summed E-state index contributed by atoms with van der Waals surface area (Å²) in [5.41, 5.74) is 6.90. The number of hydrogen-bond acceptors (Lipinski definition) is 2. The maximum absolute atomic E-state index is 5.81. The van der Waals surface area contributed by atoms with Gasteiger partial charge in [0, 0.05) is 5.69 Å². The van der Waals surface area contributed by atoms with Crippen LogP contribution in [0.1, 0.15) is 19.8 Å². The summed E-state index contributed by atoms with van der Waals surface area (Å²) < 4.78 is 0. The number of halogens is 2. The number of rotatable bonds is 4. The number of para-hydroxylation sites is 1. The molecular formula is C10H18Cl2N2. The van der Waals surface area contributed by atoms with Crippen LogP contribution in [0, 0.1) is 0 Å². The molecule has 1 aromatic rings. The van der Waals surface area contributed by atoms with Gasteiger partial charge in [-0.2, -0.15) is 0 Å². The summed E-state index contributed by atoms with van der Waals surface area (Å²) in [7, 11) is 0. The Morgan fingerprint density at radius 2 is 1.79 bits per heavy atom. The molecule has 1 rings (SSSR count). The van der Waals surface area contributed by atoms with Crippen molar-refractivity contribution in [3.05, 3.63) is 30.3 Å². The van der Waals surface area contributed by atoms with Crippen LogP contribution < -0.4 is 11.1 Å². The Balaban J connectivity index is 0. The highest BCUT2D eigenvalue weighted by molar-refractivity contribution is 5.85. The molecule has 1 unspecified atom stereocenters. The van der Waals surface area contributed by atoms with Gasteiger partial charge in [-0.3, -0.25) is 0 Å². The second-order valence-electron chi connectivity index (χ2n) is 2.91. The van der Waals surface area contributed by atoms with Gasteiger partial charge in [0.2, 0.25) is 0 Å². The molecule has 0 aromatic heterocycles. The summed E-state index contributed by atoms with van der Waals surface area (Å²) in [5.74, 6) is 0. The number of nitrogens with one attached hydrogen (secondary N) is 1. The summed E-state index contributed by atoms with van der Waals surface area (Å²) in [6, 6.07) is 10.0. The van der Waals surface area contributed by atoms with E-state index in [0.29, 0.717) is 0 Å². The van der Waals surface area contributed by atoms with E-state index in [1.165, 1.54) is 0 Å². The van der Waals surface area contributed by atoms with Crippen molar-refractivity contribution in [2.75, 3.05) is 5.32 Å². The minimum absolute atomic E-state index is 0. The molecule has 0 spiro atoms. The van der Waals surface area contributed by atoms with Crippen molar-refractivity contribution in [3.63, 3.8) is 0 Å². The molecule has 0 saturated carbocycles. The van der Waals surface area contributed by atoms with Gasteiger partial charge in [0.1, 0.15) is 0 Å². The van der Waals surface area contributed by atoms with Crippen LogP contribution in [-0.2, 0) is 0 Å². The lowest BCUT2D eigenvalue weighted by atomic mass is 10.2. The summed E-state index contributed by atoms with van der Waals surface area (Å²) in [6.45, 7) is 2.13. The maximum Gasteiger partial charge on any atom is 0.0742 e. The van der Waals surface area contributed by atoms with E-state index in [-0.39, 0.29) is 31.0 Å². The fourth-order valence-corrected chi connectivity index (χ4v) is 1.13. The highest BCUT2D eigenvalue weighted by Crippen LogP contribution is 2.06. The first kappa shape index (κ1) is 16.0. The molecule has 0 saturated heterocycles. The lowest BCUT2D eigenvalue weighted by molar-refractivity contribution is 0.665. The molecule has 0 radical (unpaired) electrons. The number of hydrogen-bond donors (Lipinski definition) is 2. The molecule has 14 heavy (non-hydrogen) atoms. The molecule has 0 fully saturated rings. The molecule has 0 aliphatic heterocycles. The van der Waals surface area contributed by atoms with Gasteiger partial charge in [0.05, 0.1) is 6.17 Å². The summed E-state index contributed by atoms with van der Waals surface area (Å²) in [6.07, 6.45) is 2.20. The van der Waals surface area contributed by atoms with E-state index in [2.05, 4.69) is 12.2 Å². The molecular weight excluding hydrogens is 219 g/mol. The predicted molar refractivity (Wildman–Crippen MR) is 67.4 cm³/mol. The van der Waals surface area contributed by atoms with Gasteiger partial charge in [0.15, 0.2) is 0 Å². The molecule has 2 nitrogen and oxygen atoms in total. The lowest BCUT2D eigenvalue weighted by Crippen LogP contribution is -2.28. The quantitative estimate of drug-likeness (QED) is 0.790. The zero-order valence-corrected chi connectivity index (χ0v) is 9.91. The molecule has 82 valence electrons. The van der Waals surface area contributed by atoms with Gasteiger partial charge < -0.3 is 11.1 Å². The smallest absolute Gasteiger partial charge is 0.0742 e. The highest BCUT2D eigenvalue weighted by atomic mass is 35.5. The van der Waals surface area contributed by atoms with E-state index in [0.717, 1.165) is 18.5 Å². The Morgan fingerprint density at radius 1 is 1.21 bits per heavy atom. The van der Waals surface area contributed by atoms with Gasteiger partial charge in [-0.25, -0.2) is 0 Å². The maximum atomic E-state index is 5.81. The Labute approximate surface area is 98.1 Å². The van der Waals surface area contributed by atoms with Crippen molar-refractivity contribution in [2.45, 2.75) is 25.9 Å². The van der Waals surface area contributed by atoms with Crippen LogP contribution in [-0.4, -0.2) is 6.17 Å². The number of nitrogens with two attached hydrogens (primary N) is 1. The van der Waals surface area contributed by atoms with E-state index >= 15 is 0 Å². The van der Waals surface area contributed by atoms with Crippen molar-refractivity contribution >= 4 is 30.5 Å². The van der Waals surface area contributed by atoms with E-state index in [1.54, 1.807) is 0 Å². The van der Waals surface area contributed by atoms with E-state index in [1.807, 2.05) is 30.3 Å². The Kier molecular flexibility index (Phi) is 10.4. The van der Waals surface area contributed by atoms with Crippen LogP contribution in [0.25, 0.3) is 0 Å². The molecule has 0 aliphatic rings. The Hall–Kier alpha value is -0.440. The van der Waals surface area contributed by atoms with Crippen LogP contribution >= 0.6 is 24.8 Å². The zero-order valence-electron chi connectivity index (χ0n) is 8.27. The summed E-state index contributed by atoms with van der Waals surface area (Å²) >= 11 is 0. The first-order chi connectivity index (χ1) is 5.83. The van der Waals surface area contributed by atoms with E-state index in [9.17, 15) is 0 Å². The third kappa shape index (κ3) is 6.08. The minimum atomic E-state index is 0. The van der Waals surface area contributed by atoms with Crippen LogP contribution in [0.3, 0.4) is 0 Å². The normalized spacial score (nSPS) is 10.7. The van der Waals surface area contributed by atoms with Crippen LogP contribution in [0.15, 0.2) is 30.3 Å². The van der Waals surface area contributed by atoms with Gasteiger partial charge >= 0.3 is 0 Å². The van der Waals surface area contributed by atoms with Gasteiger partial charge in [-0.1, -0.05) is 31.5 Å². The van der Waals surface area contributed by atoms with Gasteiger partial charge in [-0.15, -0.1) is 24.8 Å². The van der Waals surface area contributed by atoms with Crippen molar-refractivity contribution in [1.29, 1.82) is 0 Å². The first-order valence-electron chi connectivity index (χ1n) is 4.40. The Bertz CT molecular complexity index is 217. The zero-order chi connectivity index (χ0) is 8.81. The molecule has 1 aromatic carbocycles. The molecule has 0 bridgehead atoms. The van der Waals surface area contributed by atoms with Gasteiger partial charge in [-0.05, 0) is 18.6 Å². The fourth-order valence-electron chi connectivity index (χ4n) is 1.13. The van der Waals surface area contributed by atoms with Crippen LogP contribution in [0.2, 0.25) is 0 Å². The average molecular weight is 237 g/mol. The Morgan fingerprint density at radius 3 is 2.29 bits per heavy atom. The summed E-state index contributed by atoms with van der Waals surface area (Å²) in [4.78, 5) is 0. The largest absolute Gasteiger partial charge is 0.370 e. The van der Waals surface area contributed by atoms with Crippen LogP contribution in [0.5, 0.6) is 0 Å². The molecule has 0 amide bonds. The van der Waals surface area contributed by atoms with Crippen LogP contribution in [0.4, 0.5) is 5.69 Å². The van der Waals surface area contributed by atoms with Gasteiger partial charge in [0.25, 0.3) is 0 Å². The second-order valence-corrected chi connectivity index (χ2v) is 2.91. The first-order valence-corrected chi connectivity index (χ1v) is 4.40. The summed E-state index contributed by atoms with van der Waals surface area (Å²) in [5, 5.41) is 3.22. The van der Waals surface area contributed by atoms with Crippen molar-refractivity contribution in [2.24, 2.45) is 5.73 Å². The van der Waals surface area contributed by atoms with Crippen molar-refractivity contribution in [3.8, 4) is 0 Å². The number of anilines is 1. The third-order valence-electron chi connectivity index (χ3n) is 1.73. The third-order valence-corrected chi connectivity index (χ3v) is 1.73. The molecule has 1 atom stereocenters. The molecule has 0 aliphatic carbocycles. The standard InChI is InChI=1S/C10H16N2.2ClH/c1-2-6-10(11)12-9-7-4-3-5-8-9;;/h3-5,7-8,10,12H,2,6,11H2,1H3;2*1H. The minimum Gasteiger partial charge on any atom is -0.370 e. The monoisotopic (exact) mass is 236 g/mol. The topological polar surface area (TPSA) is 38.0 Å². The van der Waals surface area contributed by atoms with Crippen molar-refractivity contribution in [1.82, 2.24) is 0 Å². The second kappa shape index (κ2) is 9.13. The molecule has 3 N–H and O–H groups in total. The highest BCUT2D eigenvalue weighted by Gasteiger charge is 1.98. The molecule has 4 heteroatoms.